The Hall–Kier alpha value is -1.34. The maximum Gasteiger partial charge on any atom is 0.260 e. The maximum atomic E-state index is 12.4. The largest absolute Gasteiger partial charge is 0.484 e. The molecule has 1 aliphatic heterocycles. The van der Waals surface area contributed by atoms with Crippen molar-refractivity contribution >= 4 is 17.5 Å². The molecule has 0 radical (unpaired) electrons. The van der Waals surface area contributed by atoms with Crippen molar-refractivity contribution in [3.63, 3.8) is 0 Å². The second kappa shape index (κ2) is 8.67. The molecular weight excluding hydrogens is 334 g/mol. The summed E-state index contributed by atoms with van der Waals surface area (Å²) in [6.07, 6.45) is -1.80. The highest BCUT2D eigenvalue weighted by molar-refractivity contribution is 6.31. The van der Waals surface area contributed by atoms with E-state index in [9.17, 15) is 15.0 Å². The predicted octanol–water partition coefficient (Wildman–Crippen LogP) is 1.24. The number of hydrogen-bond acceptors (Lipinski definition) is 5. The number of rotatable bonds is 6. The summed E-state index contributed by atoms with van der Waals surface area (Å²) in [5.74, 6) is 0.0885. The Morgan fingerprint density at radius 2 is 2.17 bits per heavy atom. The zero-order valence-electron chi connectivity index (χ0n) is 13.9. The Balaban J connectivity index is 1.89. The Kier molecular flexibility index (Phi) is 6.86. The van der Waals surface area contributed by atoms with Gasteiger partial charge in [-0.15, -0.1) is 0 Å². The molecule has 1 fully saturated rings. The fraction of sp³-hybridized carbons (Fsp3) is 0.588. The van der Waals surface area contributed by atoms with Crippen LogP contribution in [0.4, 0.5) is 0 Å². The molecule has 0 spiro atoms. The molecule has 24 heavy (non-hydrogen) atoms. The topological polar surface area (TPSA) is 79.2 Å². The van der Waals surface area contributed by atoms with E-state index in [0.29, 0.717) is 30.5 Å². The SMILES string of the molecule is CCN(C[C@@H]1COC[C@@H](O)[C@H]1O)C(=O)COc1ccc(Cl)c(C)c1. The Morgan fingerprint density at radius 1 is 1.42 bits per heavy atom. The Morgan fingerprint density at radius 3 is 2.83 bits per heavy atom. The van der Waals surface area contributed by atoms with Crippen molar-refractivity contribution in [2.75, 3.05) is 32.9 Å². The molecule has 1 aromatic carbocycles. The van der Waals surface area contributed by atoms with Gasteiger partial charge in [-0.1, -0.05) is 11.6 Å². The molecule has 1 aliphatic rings. The monoisotopic (exact) mass is 357 g/mol. The minimum atomic E-state index is -0.911. The third-order valence-electron chi connectivity index (χ3n) is 4.18. The van der Waals surface area contributed by atoms with Gasteiger partial charge >= 0.3 is 0 Å². The highest BCUT2D eigenvalue weighted by Gasteiger charge is 2.33. The van der Waals surface area contributed by atoms with Gasteiger partial charge in [0.2, 0.25) is 0 Å². The van der Waals surface area contributed by atoms with Gasteiger partial charge < -0.3 is 24.6 Å². The fourth-order valence-corrected chi connectivity index (χ4v) is 2.76. The van der Waals surface area contributed by atoms with Gasteiger partial charge in [-0.05, 0) is 37.6 Å². The number of benzene rings is 1. The molecule has 0 saturated carbocycles. The van der Waals surface area contributed by atoms with Crippen molar-refractivity contribution in [2.45, 2.75) is 26.1 Å². The quantitative estimate of drug-likeness (QED) is 0.801. The summed E-state index contributed by atoms with van der Waals surface area (Å²) in [5.41, 5.74) is 0.880. The van der Waals surface area contributed by atoms with E-state index in [1.165, 1.54) is 0 Å². The first-order valence-electron chi connectivity index (χ1n) is 8.03. The number of aliphatic hydroxyl groups excluding tert-OH is 2. The number of aliphatic hydroxyl groups is 2. The summed E-state index contributed by atoms with van der Waals surface area (Å²) < 4.78 is 10.8. The van der Waals surface area contributed by atoms with Crippen LogP contribution in [0.5, 0.6) is 5.75 Å². The standard InChI is InChI=1S/C17H24ClNO5/c1-3-19(7-12-8-23-9-15(20)17(12)22)16(21)10-24-13-4-5-14(18)11(2)6-13/h4-6,12,15,17,20,22H,3,7-10H2,1-2H3/t12-,15-,17+/m1/s1. The molecule has 7 heteroatoms. The first-order chi connectivity index (χ1) is 11.4. The highest BCUT2D eigenvalue weighted by Crippen LogP contribution is 2.21. The van der Waals surface area contributed by atoms with Crippen LogP contribution in [0.1, 0.15) is 12.5 Å². The lowest BCUT2D eigenvalue weighted by molar-refractivity contribution is -0.143. The Labute approximate surface area is 146 Å². The van der Waals surface area contributed by atoms with Crippen LogP contribution < -0.4 is 4.74 Å². The fourth-order valence-electron chi connectivity index (χ4n) is 2.65. The highest BCUT2D eigenvalue weighted by atomic mass is 35.5. The van der Waals surface area contributed by atoms with Crippen LogP contribution in [-0.2, 0) is 9.53 Å². The summed E-state index contributed by atoms with van der Waals surface area (Å²) in [6.45, 7) is 4.87. The molecule has 6 nitrogen and oxygen atoms in total. The lowest BCUT2D eigenvalue weighted by Crippen LogP contribution is -2.50. The van der Waals surface area contributed by atoms with E-state index in [0.717, 1.165) is 5.56 Å². The van der Waals surface area contributed by atoms with Gasteiger partial charge in [-0.3, -0.25) is 4.79 Å². The van der Waals surface area contributed by atoms with Crippen LogP contribution in [0, 0.1) is 12.8 Å². The average molecular weight is 358 g/mol. The zero-order valence-corrected chi connectivity index (χ0v) is 14.7. The third-order valence-corrected chi connectivity index (χ3v) is 4.60. The molecular formula is C17H24ClNO5. The summed E-state index contributed by atoms with van der Waals surface area (Å²) in [5, 5.41) is 20.3. The summed E-state index contributed by atoms with van der Waals surface area (Å²) in [6, 6.07) is 5.22. The van der Waals surface area contributed by atoms with E-state index in [-0.39, 0.29) is 25.0 Å². The summed E-state index contributed by atoms with van der Waals surface area (Å²) in [4.78, 5) is 13.9. The van der Waals surface area contributed by atoms with Crippen LogP contribution in [-0.4, -0.2) is 66.1 Å². The number of ether oxygens (including phenoxy) is 2. The molecule has 2 N–H and O–H groups in total. The summed E-state index contributed by atoms with van der Waals surface area (Å²) in [7, 11) is 0. The number of halogens is 1. The molecule has 0 aliphatic carbocycles. The van der Waals surface area contributed by atoms with Gasteiger partial charge in [0, 0.05) is 24.0 Å². The molecule has 1 aromatic rings. The van der Waals surface area contributed by atoms with Gasteiger partial charge in [-0.25, -0.2) is 0 Å². The molecule has 1 amide bonds. The Bertz CT molecular complexity index is 568. The van der Waals surface area contributed by atoms with E-state index >= 15 is 0 Å². The molecule has 0 unspecified atom stereocenters. The second-order valence-electron chi connectivity index (χ2n) is 5.99. The van der Waals surface area contributed by atoms with Gasteiger partial charge in [0.05, 0.1) is 19.3 Å². The van der Waals surface area contributed by atoms with E-state index in [2.05, 4.69) is 0 Å². The molecule has 1 heterocycles. The molecule has 0 aromatic heterocycles. The van der Waals surface area contributed by atoms with Gasteiger partial charge in [0.1, 0.15) is 11.9 Å². The van der Waals surface area contributed by atoms with Crippen molar-refractivity contribution in [3.05, 3.63) is 28.8 Å². The second-order valence-corrected chi connectivity index (χ2v) is 6.39. The minimum absolute atomic E-state index is 0.0961. The van der Waals surface area contributed by atoms with Crippen LogP contribution in [0.15, 0.2) is 18.2 Å². The number of nitrogens with zero attached hydrogens (tertiary/aromatic N) is 1. The van der Waals surface area contributed by atoms with Crippen molar-refractivity contribution in [3.8, 4) is 5.75 Å². The van der Waals surface area contributed by atoms with Crippen LogP contribution in [0.2, 0.25) is 5.02 Å². The number of amides is 1. The predicted molar refractivity (Wildman–Crippen MR) is 90.3 cm³/mol. The maximum absolute atomic E-state index is 12.4. The van der Waals surface area contributed by atoms with E-state index < -0.39 is 12.2 Å². The van der Waals surface area contributed by atoms with E-state index in [1.807, 2.05) is 13.8 Å². The van der Waals surface area contributed by atoms with Crippen LogP contribution in [0.25, 0.3) is 0 Å². The number of carbonyl (C=O) groups excluding carboxylic acids is 1. The molecule has 134 valence electrons. The van der Waals surface area contributed by atoms with Crippen molar-refractivity contribution < 1.29 is 24.5 Å². The number of carbonyl (C=O) groups is 1. The number of hydrogen-bond donors (Lipinski definition) is 2. The van der Waals surface area contributed by atoms with Crippen LogP contribution in [0.3, 0.4) is 0 Å². The van der Waals surface area contributed by atoms with Gasteiger partial charge in [0.25, 0.3) is 5.91 Å². The molecule has 0 bridgehead atoms. The lowest BCUT2D eigenvalue weighted by atomic mass is 9.96. The number of likely N-dealkylation sites (N-methyl/N-ethyl adjacent to an activating group) is 1. The van der Waals surface area contributed by atoms with Crippen molar-refractivity contribution in [1.82, 2.24) is 4.90 Å². The summed E-state index contributed by atoms with van der Waals surface area (Å²) >= 11 is 5.96. The molecule has 1 saturated heterocycles. The van der Waals surface area contributed by atoms with Gasteiger partial charge in [0.15, 0.2) is 6.61 Å². The first-order valence-corrected chi connectivity index (χ1v) is 8.40. The van der Waals surface area contributed by atoms with E-state index in [1.54, 1.807) is 23.1 Å². The third kappa shape index (κ3) is 4.83. The van der Waals surface area contributed by atoms with E-state index in [4.69, 9.17) is 21.1 Å². The minimum Gasteiger partial charge on any atom is -0.484 e. The first kappa shape index (κ1) is 19.0. The normalized spacial score (nSPS) is 23.8. The molecule has 2 rings (SSSR count). The smallest absolute Gasteiger partial charge is 0.260 e. The number of aryl methyl sites for hydroxylation is 1. The van der Waals surface area contributed by atoms with Crippen LogP contribution >= 0.6 is 11.6 Å². The lowest BCUT2D eigenvalue weighted by Gasteiger charge is -2.35. The average Bonchev–Trinajstić information content (AvgIpc) is 2.57. The van der Waals surface area contributed by atoms with Crippen molar-refractivity contribution in [1.29, 1.82) is 0 Å². The van der Waals surface area contributed by atoms with Crippen molar-refractivity contribution in [2.24, 2.45) is 5.92 Å². The van der Waals surface area contributed by atoms with Gasteiger partial charge in [-0.2, -0.15) is 0 Å². The zero-order chi connectivity index (χ0) is 17.7. The molecule has 3 atom stereocenters.